The Morgan fingerprint density at radius 2 is 1.94 bits per heavy atom. The molecule has 18 heavy (non-hydrogen) atoms. The number of ether oxygens (including phenoxy) is 1. The lowest BCUT2D eigenvalue weighted by molar-refractivity contribution is -0.134. The molecule has 1 N–H and O–H groups in total. The van der Waals surface area contributed by atoms with Crippen molar-refractivity contribution in [3.8, 4) is 5.75 Å². The molecule has 0 aliphatic rings. The minimum absolute atomic E-state index is 0.0833. The van der Waals surface area contributed by atoms with Crippen molar-refractivity contribution in [3.63, 3.8) is 0 Å². The topological polar surface area (TPSA) is 63.6 Å². The summed E-state index contributed by atoms with van der Waals surface area (Å²) >= 11 is 9.18. The second-order valence-corrected chi connectivity index (χ2v) is 3.88. The highest BCUT2D eigenvalue weighted by Crippen LogP contribution is 2.23. The lowest BCUT2D eigenvalue weighted by atomic mass is 10.3. The second kappa shape index (κ2) is 8.60. The van der Waals surface area contributed by atoms with Gasteiger partial charge in [-0.05, 0) is 19.1 Å². The highest BCUT2D eigenvalue weighted by molar-refractivity contribution is 7.81. The normalized spacial score (nSPS) is 8.83. The molecule has 0 bridgehead atoms. The Labute approximate surface area is 116 Å². The number of benzene rings is 1. The number of halogens is 1. The van der Waals surface area contributed by atoms with Crippen LogP contribution in [-0.4, -0.2) is 22.8 Å². The monoisotopic (exact) mass is 288 g/mol. The van der Waals surface area contributed by atoms with Gasteiger partial charge in [0.05, 0.1) is 10.8 Å². The van der Waals surface area contributed by atoms with Crippen molar-refractivity contribution in [2.24, 2.45) is 0 Å². The van der Waals surface area contributed by atoms with Crippen molar-refractivity contribution in [2.75, 3.05) is 5.75 Å². The third-order valence-electron chi connectivity index (χ3n) is 1.52. The van der Waals surface area contributed by atoms with E-state index in [-0.39, 0.29) is 5.75 Å². The van der Waals surface area contributed by atoms with Crippen LogP contribution in [0.3, 0.4) is 0 Å². The minimum Gasteiger partial charge on any atom is -0.481 e. The molecule has 98 valence electrons. The van der Waals surface area contributed by atoms with Gasteiger partial charge >= 0.3 is 11.9 Å². The summed E-state index contributed by atoms with van der Waals surface area (Å²) in [6.07, 6.45) is 0. The molecule has 0 saturated heterocycles. The number of esters is 1. The number of carbonyl (C=O) groups is 2. The van der Waals surface area contributed by atoms with E-state index in [9.17, 15) is 9.59 Å². The molecule has 0 amide bonds. The van der Waals surface area contributed by atoms with Gasteiger partial charge in [0.2, 0.25) is 0 Å². The molecule has 0 unspecified atom stereocenters. The zero-order valence-electron chi connectivity index (χ0n) is 9.72. The van der Waals surface area contributed by atoms with Crippen molar-refractivity contribution in [1.29, 1.82) is 0 Å². The molecular formula is C12H13ClO4S. The molecule has 0 saturated carbocycles. The molecule has 1 aromatic carbocycles. The highest BCUT2D eigenvalue weighted by Gasteiger charge is 2.07. The number of thiol groups is 1. The van der Waals surface area contributed by atoms with Gasteiger partial charge in [-0.1, -0.05) is 30.3 Å². The van der Waals surface area contributed by atoms with Crippen LogP contribution in [0.2, 0.25) is 5.02 Å². The Balaban J connectivity index is 0.000000494. The molecule has 0 fully saturated rings. The summed E-state index contributed by atoms with van der Waals surface area (Å²) in [5.41, 5.74) is 0.347. The van der Waals surface area contributed by atoms with Crippen LogP contribution in [0.25, 0.3) is 0 Å². The van der Waals surface area contributed by atoms with Crippen molar-refractivity contribution in [1.82, 2.24) is 0 Å². The van der Waals surface area contributed by atoms with E-state index in [1.54, 1.807) is 31.2 Å². The molecule has 6 heteroatoms. The Hall–Kier alpha value is -1.46. The molecule has 0 radical (unpaired) electrons. The summed E-state index contributed by atoms with van der Waals surface area (Å²) in [6.45, 7) is 5.05. The molecule has 0 aliphatic carbocycles. The SMILES string of the molecule is C=C(C)C(=O)Oc1ccccc1Cl.O=C(O)CS. The Morgan fingerprint density at radius 1 is 1.44 bits per heavy atom. The van der Waals surface area contributed by atoms with Crippen LogP contribution in [0.1, 0.15) is 6.92 Å². The van der Waals surface area contributed by atoms with E-state index in [0.29, 0.717) is 16.3 Å². The lowest BCUT2D eigenvalue weighted by Gasteiger charge is -2.04. The molecule has 0 aromatic heterocycles. The third kappa shape index (κ3) is 6.98. The molecule has 0 spiro atoms. The Morgan fingerprint density at radius 3 is 2.33 bits per heavy atom. The van der Waals surface area contributed by atoms with Crippen LogP contribution in [0.15, 0.2) is 36.4 Å². The van der Waals surface area contributed by atoms with E-state index < -0.39 is 11.9 Å². The molecular weight excluding hydrogens is 276 g/mol. The number of rotatable bonds is 3. The van der Waals surface area contributed by atoms with Gasteiger partial charge in [0.25, 0.3) is 0 Å². The summed E-state index contributed by atoms with van der Waals surface area (Å²) in [7, 11) is 0. The average molecular weight is 289 g/mol. The standard InChI is InChI=1S/C10H9ClO2.C2H4O2S/c1-7(2)10(12)13-9-6-4-3-5-8(9)11;3-2(4)1-5/h3-6H,1H2,2H3;5H,1H2,(H,3,4). The Kier molecular flexibility index (Phi) is 7.91. The molecule has 0 heterocycles. The first-order valence-corrected chi connectivity index (χ1v) is 5.84. The average Bonchev–Trinajstić information content (AvgIpc) is 2.32. The van der Waals surface area contributed by atoms with Gasteiger partial charge in [-0.25, -0.2) is 4.79 Å². The van der Waals surface area contributed by atoms with E-state index in [2.05, 4.69) is 19.2 Å². The van der Waals surface area contributed by atoms with Crippen molar-refractivity contribution in [2.45, 2.75) is 6.92 Å². The molecule has 0 atom stereocenters. The number of hydrogen-bond donors (Lipinski definition) is 2. The molecule has 0 aliphatic heterocycles. The van der Waals surface area contributed by atoms with Gasteiger partial charge in [0.15, 0.2) is 0 Å². The fourth-order valence-electron chi connectivity index (χ4n) is 0.714. The largest absolute Gasteiger partial charge is 0.481 e. The van der Waals surface area contributed by atoms with Crippen LogP contribution < -0.4 is 4.74 Å². The van der Waals surface area contributed by atoms with E-state index in [1.807, 2.05) is 0 Å². The maximum atomic E-state index is 11.1. The maximum Gasteiger partial charge on any atom is 0.338 e. The first-order chi connectivity index (χ1) is 8.38. The second-order valence-electron chi connectivity index (χ2n) is 3.15. The van der Waals surface area contributed by atoms with Crippen LogP contribution in [0, 0.1) is 0 Å². The van der Waals surface area contributed by atoms with Gasteiger partial charge in [0, 0.05) is 5.57 Å². The summed E-state index contributed by atoms with van der Waals surface area (Å²) < 4.78 is 4.94. The first-order valence-electron chi connectivity index (χ1n) is 4.83. The minimum atomic E-state index is -0.881. The zero-order chi connectivity index (χ0) is 14.1. The fraction of sp³-hybridized carbons (Fsp3) is 0.167. The van der Waals surface area contributed by atoms with E-state index in [1.165, 1.54) is 0 Å². The summed E-state index contributed by atoms with van der Waals surface area (Å²) in [4.78, 5) is 20.4. The molecule has 4 nitrogen and oxygen atoms in total. The van der Waals surface area contributed by atoms with Gasteiger partial charge in [-0.3, -0.25) is 4.79 Å². The van der Waals surface area contributed by atoms with Crippen LogP contribution in [0.5, 0.6) is 5.75 Å². The smallest absolute Gasteiger partial charge is 0.338 e. The predicted octanol–water partition coefficient (Wildman–Crippen LogP) is 2.82. The fourth-order valence-corrected chi connectivity index (χ4v) is 0.889. The van der Waals surface area contributed by atoms with Gasteiger partial charge in [-0.15, -0.1) is 0 Å². The van der Waals surface area contributed by atoms with E-state index in [0.717, 1.165) is 0 Å². The van der Waals surface area contributed by atoms with Crippen LogP contribution in [0.4, 0.5) is 0 Å². The number of carboxylic acids is 1. The number of hydrogen-bond acceptors (Lipinski definition) is 4. The van der Waals surface area contributed by atoms with Crippen molar-refractivity contribution >= 4 is 36.2 Å². The van der Waals surface area contributed by atoms with Crippen molar-refractivity contribution < 1.29 is 19.4 Å². The summed E-state index contributed by atoms with van der Waals surface area (Å²) in [5.74, 6) is -1.07. The summed E-state index contributed by atoms with van der Waals surface area (Å²) in [6, 6.07) is 6.79. The molecule has 1 aromatic rings. The molecule has 1 rings (SSSR count). The van der Waals surface area contributed by atoms with Gasteiger partial charge in [0.1, 0.15) is 5.75 Å². The number of carbonyl (C=O) groups excluding carboxylic acids is 1. The highest BCUT2D eigenvalue weighted by atomic mass is 35.5. The first kappa shape index (κ1) is 16.5. The quantitative estimate of drug-likeness (QED) is 0.388. The maximum absolute atomic E-state index is 11.1. The number of carboxylic acid groups (broad SMARTS) is 1. The zero-order valence-corrected chi connectivity index (χ0v) is 11.4. The summed E-state index contributed by atoms with van der Waals surface area (Å²) in [5, 5.41) is 8.06. The van der Waals surface area contributed by atoms with Gasteiger partial charge in [-0.2, -0.15) is 12.6 Å². The van der Waals surface area contributed by atoms with E-state index in [4.69, 9.17) is 21.4 Å². The lowest BCUT2D eigenvalue weighted by Crippen LogP contribution is -2.08. The Bertz CT molecular complexity index is 445. The third-order valence-corrected chi connectivity index (χ3v) is 2.11. The van der Waals surface area contributed by atoms with Crippen LogP contribution in [-0.2, 0) is 9.59 Å². The van der Waals surface area contributed by atoms with Crippen molar-refractivity contribution in [3.05, 3.63) is 41.4 Å². The van der Waals surface area contributed by atoms with Crippen LogP contribution >= 0.6 is 24.2 Å². The van der Waals surface area contributed by atoms with Gasteiger partial charge < -0.3 is 9.84 Å². The number of para-hydroxylation sites is 1. The predicted molar refractivity (Wildman–Crippen MR) is 73.4 cm³/mol. The number of aliphatic carboxylic acids is 1. The van der Waals surface area contributed by atoms with E-state index >= 15 is 0 Å².